The van der Waals surface area contributed by atoms with Gasteiger partial charge in [0, 0.05) is 32.1 Å². The van der Waals surface area contributed by atoms with Crippen LogP contribution in [0.1, 0.15) is 36.7 Å². The van der Waals surface area contributed by atoms with Crippen LogP contribution in [0.15, 0.2) is 33.8 Å². The summed E-state index contributed by atoms with van der Waals surface area (Å²) in [6.45, 7) is 2.93. The molecule has 0 spiro atoms. The number of amides is 1. The van der Waals surface area contributed by atoms with Crippen LogP contribution in [-0.4, -0.2) is 62.3 Å². The van der Waals surface area contributed by atoms with Crippen molar-refractivity contribution in [2.45, 2.75) is 31.3 Å². The van der Waals surface area contributed by atoms with E-state index in [4.69, 9.17) is 9.15 Å². The van der Waals surface area contributed by atoms with Crippen LogP contribution in [-0.2, 0) is 19.6 Å². The van der Waals surface area contributed by atoms with Crippen molar-refractivity contribution < 1.29 is 27.2 Å². The monoisotopic (exact) mass is 396 g/mol. The van der Waals surface area contributed by atoms with Crippen molar-refractivity contribution in [3.63, 3.8) is 0 Å². The van der Waals surface area contributed by atoms with E-state index in [0.717, 1.165) is 19.3 Å². The molecule has 1 fully saturated rings. The summed E-state index contributed by atoms with van der Waals surface area (Å²) < 4.78 is 36.7. The zero-order chi connectivity index (χ0) is 19.4. The first-order valence-electron chi connectivity index (χ1n) is 9.14. The van der Waals surface area contributed by atoms with Gasteiger partial charge in [-0.3, -0.25) is 4.79 Å². The largest absolute Gasteiger partial charge is 0.460 e. The summed E-state index contributed by atoms with van der Waals surface area (Å²) >= 11 is 0. The van der Waals surface area contributed by atoms with Gasteiger partial charge in [0.05, 0.1) is 6.61 Å². The maximum absolute atomic E-state index is 12.7. The molecule has 0 N–H and O–H groups in total. The molecule has 1 amide bonds. The maximum Gasteiger partial charge on any atom is 0.374 e. The van der Waals surface area contributed by atoms with Gasteiger partial charge in [-0.05, 0) is 38.3 Å². The molecule has 3 rings (SSSR count). The SMILES string of the molecule is CCOC(=O)c1ccc(S(=O)(=O)N2CCN(C(=O)[C@H]3CC=CCC3)CC2)o1. The number of carbonyl (C=O) groups is 2. The normalized spacial score (nSPS) is 21.2. The number of nitrogens with zero attached hydrogens (tertiary/aromatic N) is 2. The predicted octanol–water partition coefficient (Wildman–Crippen LogP) is 1.65. The lowest BCUT2D eigenvalue weighted by Gasteiger charge is -2.35. The second kappa shape index (κ2) is 8.26. The second-order valence-electron chi connectivity index (χ2n) is 6.55. The number of allylic oxidation sites excluding steroid dienone is 2. The van der Waals surface area contributed by atoms with Crippen LogP contribution >= 0.6 is 0 Å². The number of carbonyl (C=O) groups excluding carboxylic acids is 2. The molecule has 8 nitrogen and oxygen atoms in total. The van der Waals surface area contributed by atoms with Crippen LogP contribution in [0.3, 0.4) is 0 Å². The quantitative estimate of drug-likeness (QED) is 0.554. The van der Waals surface area contributed by atoms with Crippen LogP contribution in [0.25, 0.3) is 0 Å². The van der Waals surface area contributed by atoms with Crippen LogP contribution in [0.5, 0.6) is 0 Å². The zero-order valence-electron chi connectivity index (χ0n) is 15.3. The van der Waals surface area contributed by atoms with E-state index in [1.807, 2.05) is 6.08 Å². The van der Waals surface area contributed by atoms with Crippen molar-refractivity contribution in [1.82, 2.24) is 9.21 Å². The van der Waals surface area contributed by atoms with Crippen molar-refractivity contribution in [3.8, 4) is 0 Å². The number of esters is 1. The first-order chi connectivity index (χ1) is 12.9. The number of sulfonamides is 1. The molecule has 148 valence electrons. The fourth-order valence-corrected chi connectivity index (χ4v) is 4.66. The molecule has 1 aliphatic carbocycles. The third-order valence-corrected chi connectivity index (χ3v) is 6.59. The Morgan fingerprint density at radius 2 is 1.93 bits per heavy atom. The molecule has 27 heavy (non-hydrogen) atoms. The molecule has 0 saturated carbocycles. The van der Waals surface area contributed by atoms with E-state index < -0.39 is 16.0 Å². The Hall–Kier alpha value is -2.13. The van der Waals surface area contributed by atoms with Gasteiger partial charge in [-0.25, -0.2) is 13.2 Å². The molecule has 1 saturated heterocycles. The van der Waals surface area contributed by atoms with Gasteiger partial charge in [-0.1, -0.05) is 12.2 Å². The molecule has 2 heterocycles. The van der Waals surface area contributed by atoms with Gasteiger partial charge in [0.15, 0.2) is 0 Å². The second-order valence-corrected chi connectivity index (χ2v) is 8.42. The summed E-state index contributed by atoms with van der Waals surface area (Å²) in [4.78, 5) is 26.0. The minimum atomic E-state index is -3.85. The predicted molar refractivity (Wildman–Crippen MR) is 96.5 cm³/mol. The molecule has 1 aromatic rings. The number of hydrogen-bond donors (Lipinski definition) is 0. The van der Waals surface area contributed by atoms with Crippen molar-refractivity contribution in [2.24, 2.45) is 5.92 Å². The summed E-state index contributed by atoms with van der Waals surface area (Å²) in [5, 5.41) is -0.289. The molecule has 1 aromatic heterocycles. The van der Waals surface area contributed by atoms with Crippen LogP contribution in [0.4, 0.5) is 0 Å². The van der Waals surface area contributed by atoms with E-state index in [0.29, 0.717) is 13.1 Å². The third kappa shape index (κ3) is 4.24. The molecule has 0 radical (unpaired) electrons. The highest BCUT2D eigenvalue weighted by Gasteiger charge is 2.34. The average Bonchev–Trinajstić information content (AvgIpc) is 3.20. The molecule has 1 aliphatic heterocycles. The number of piperazine rings is 1. The molecule has 0 aromatic carbocycles. The number of rotatable bonds is 5. The molecule has 1 atom stereocenters. The Morgan fingerprint density at radius 3 is 2.56 bits per heavy atom. The molecular formula is C18H24N2O6S. The Balaban J connectivity index is 1.62. The Morgan fingerprint density at radius 1 is 1.19 bits per heavy atom. The van der Waals surface area contributed by atoms with Crippen molar-refractivity contribution in [2.75, 3.05) is 32.8 Å². The molecule has 9 heteroatoms. The highest BCUT2D eigenvalue weighted by atomic mass is 32.2. The van der Waals surface area contributed by atoms with Gasteiger partial charge < -0.3 is 14.1 Å². The lowest BCUT2D eigenvalue weighted by Crippen LogP contribution is -2.51. The van der Waals surface area contributed by atoms with E-state index in [2.05, 4.69) is 6.08 Å². The lowest BCUT2D eigenvalue weighted by molar-refractivity contribution is -0.137. The van der Waals surface area contributed by atoms with Crippen LogP contribution in [0, 0.1) is 5.92 Å². The van der Waals surface area contributed by atoms with E-state index in [-0.39, 0.29) is 42.4 Å². The van der Waals surface area contributed by atoms with Gasteiger partial charge in [0.25, 0.3) is 10.0 Å². The van der Waals surface area contributed by atoms with Gasteiger partial charge in [0.1, 0.15) is 0 Å². The first-order valence-corrected chi connectivity index (χ1v) is 10.6. The van der Waals surface area contributed by atoms with Gasteiger partial charge in [-0.15, -0.1) is 0 Å². The number of hydrogen-bond acceptors (Lipinski definition) is 6. The summed E-state index contributed by atoms with van der Waals surface area (Å²) in [6.07, 6.45) is 6.62. The van der Waals surface area contributed by atoms with E-state index in [1.54, 1.807) is 11.8 Å². The average molecular weight is 396 g/mol. The fourth-order valence-electron chi connectivity index (χ4n) is 3.32. The van der Waals surface area contributed by atoms with Gasteiger partial charge in [-0.2, -0.15) is 4.31 Å². The van der Waals surface area contributed by atoms with E-state index in [1.165, 1.54) is 16.4 Å². The van der Waals surface area contributed by atoms with E-state index in [9.17, 15) is 18.0 Å². The standard InChI is InChI=1S/C18H24N2O6S/c1-2-25-18(22)15-8-9-16(26-15)27(23,24)20-12-10-19(11-13-20)17(21)14-6-4-3-5-7-14/h3-4,8-9,14H,2,5-7,10-13H2,1H3/t14-/m0/s1. The highest BCUT2D eigenvalue weighted by molar-refractivity contribution is 7.89. The minimum Gasteiger partial charge on any atom is -0.460 e. The molecule has 0 unspecified atom stereocenters. The summed E-state index contributed by atoms with van der Waals surface area (Å²) in [5.41, 5.74) is 0. The Kier molecular flexibility index (Phi) is 6.01. The minimum absolute atomic E-state index is 0.00429. The number of furan rings is 1. The topological polar surface area (TPSA) is 97.1 Å². The van der Waals surface area contributed by atoms with Gasteiger partial charge in [0.2, 0.25) is 16.8 Å². The van der Waals surface area contributed by atoms with Crippen LogP contribution in [0.2, 0.25) is 0 Å². The summed E-state index contributed by atoms with van der Waals surface area (Å²) in [7, 11) is -3.85. The highest BCUT2D eigenvalue weighted by Crippen LogP contribution is 2.24. The third-order valence-electron chi connectivity index (χ3n) is 4.82. The smallest absolute Gasteiger partial charge is 0.374 e. The maximum atomic E-state index is 12.7. The van der Waals surface area contributed by atoms with Crippen LogP contribution < -0.4 is 0 Å². The van der Waals surface area contributed by atoms with Crippen molar-refractivity contribution in [1.29, 1.82) is 0 Å². The number of ether oxygens (including phenoxy) is 1. The summed E-state index contributed by atoms with van der Waals surface area (Å²) in [6, 6.07) is 2.55. The molecular weight excluding hydrogens is 372 g/mol. The fraction of sp³-hybridized carbons (Fsp3) is 0.556. The van der Waals surface area contributed by atoms with Crippen molar-refractivity contribution >= 4 is 21.9 Å². The molecule has 2 aliphatic rings. The van der Waals surface area contributed by atoms with Gasteiger partial charge >= 0.3 is 5.97 Å². The lowest BCUT2D eigenvalue weighted by atomic mass is 9.93. The summed E-state index contributed by atoms with van der Waals surface area (Å²) in [5.74, 6) is -0.750. The Labute approximate surface area is 158 Å². The van der Waals surface area contributed by atoms with Crippen molar-refractivity contribution in [3.05, 3.63) is 30.0 Å². The Bertz CT molecular complexity index is 821. The molecule has 0 bridgehead atoms. The first kappa shape index (κ1) is 19.6. The van der Waals surface area contributed by atoms with E-state index >= 15 is 0 Å². The zero-order valence-corrected chi connectivity index (χ0v) is 16.1.